The molecular formula is C9H14N6O. The highest BCUT2D eigenvalue weighted by Crippen LogP contribution is 2.13. The SMILES string of the molecule is Cc1noc(CCNc2nn(C)cc2N)n1. The summed E-state index contributed by atoms with van der Waals surface area (Å²) < 4.78 is 6.64. The normalized spacial score (nSPS) is 10.6. The highest BCUT2D eigenvalue weighted by Gasteiger charge is 2.05. The van der Waals surface area contributed by atoms with Crippen molar-refractivity contribution in [2.45, 2.75) is 13.3 Å². The molecule has 0 atom stereocenters. The molecule has 0 spiro atoms. The van der Waals surface area contributed by atoms with Crippen LogP contribution in [-0.2, 0) is 13.5 Å². The standard InChI is InChI=1S/C9H14N6O/c1-6-12-8(16-14-6)3-4-11-9-7(10)5-15(2)13-9/h5H,3-4,10H2,1-2H3,(H,11,13). The third-order valence-electron chi connectivity index (χ3n) is 2.06. The van der Waals surface area contributed by atoms with Crippen LogP contribution < -0.4 is 11.1 Å². The van der Waals surface area contributed by atoms with Crippen molar-refractivity contribution in [1.29, 1.82) is 0 Å². The first-order valence-electron chi connectivity index (χ1n) is 4.97. The number of anilines is 2. The Hall–Kier alpha value is -2.05. The van der Waals surface area contributed by atoms with Gasteiger partial charge in [-0.3, -0.25) is 4.68 Å². The van der Waals surface area contributed by atoms with Crippen molar-refractivity contribution in [3.05, 3.63) is 17.9 Å². The van der Waals surface area contributed by atoms with E-state index in [1.54, 1.807) is 17.8 Å². The van der Waals surface area contributed by atoms with E-state index >= 15 is 0 Å². The number of aryl methyl sites for hydroxylation is 2. The highest BCUT2D eigenvalue weighted by molar-refractivity contribution is 5.59. The van der Waals surface area contributed by atoms with Crippen LogP contribution in [0.4, 0.5) is 11.5 Å². The van der Waals surface area contributed by atoms with Crippen LogP contribution in [0, 0.1) is 6.92 Å². The van der Waals surface area contributed by atoms with Gasteiger partial charge in [0.05, 0.1) is 5.69 Å². The lowest BCUT2D eigenvalue weighted by Gasteiger charge is -2.00. The predicted octanol–water partition coefficient (Wildman–Crippen LogP) is 0.348. The molecule has 16 heavy (non-hydrogen) atoms. The molecule has 7 heteroatoms. The van der Waals surface area contributed by atoms with Crippen LogP contribution in [0.15, 0.2) is 10.7 Å². The number of rotatable bonds is 4. The minimum Gasteiger partial charge on any atom is -0.394 e. The molecule has 3 N–H and O–H groups in total. The van der Waals surface area contributed by atoms with Gasteiger partial charge in [0.2, 0.25) is 5.89 Å². The summed E-state index contributed by atoms with van der Waals surface area (Å²) in [5.74, 6) is 1.94. The summed E-state index contributed by atoms with van der Waals surface area (Å²) in [7, 11) is 1.82. The fraction of sp³-hybridized carbons (Fsp3) is 0.444. The number of hydrogen-bond donors (Lipinski definition) is 2. The highest BCUT2D eigenvalue weighted by atomic mass is 16.5. The van der Waals surface area contributed by atoms with Gasteiger partial charge in [0.15, 0.2) is 11.6 Å². The first-order chi connectivity index (χ1) is 7.65. The van der Waals surface area contributed by atoms with E-state index in [9.17, 15) is 0 Å². The summed E-state index contributed by atoms with van der Waals surface area (Å²) in [6, 6.07) is 0. The quantitative estimate of drug-likeness (QED) is 0.775. The fourth-order valence-electron chi connectivity index (χ4n) is 1.37. The first-order valence-corrected chi connectivity index (χ1v) is 4.97. The van der Waals surface area contributed by atoms with E-state index in [-0.39, 0.29) is 0 Å². The van der Waals surface area contributed by atoms with Crippen LogP contribution in [0.25, 0.3) is 0 Å². The molecule has 0 bridgehead atoms. The number of nitrogens with zero attached hydrogens (tertiary/aromatic N) is 4. The second kappa shape index (κ2) is 4.21. The third-order valence-corrected chi connectivity index (χ3v) is 2.06. The Bertz CT molecular complexity index is 474. The number of aromatic nitrogens is 4. The van der Waals surface area contributed by atoms with Crippen molar-refractivity contribution in [2.24, 2.45) is 7.05 Å². The molecule has 0 unspecified atom stereocenters. The molecule has 86 valence electrons. The van der Waals surface area contributed by atoms with E-state index in [2.05, 4.69) is 20.6 Å². The lowest BCUT2D eigenvalue weighted by Crippen LogP contribution is -2.07. The van der Waals surface area contributed by atoms with Crippen LogP contribution in [0.3, 0.4) is 0 Å². The summed E-state index contributed by atoms with van der Waals surface area (Å²) in [6.07, 6.45) is 2.40. The monoisotopic (exact) mass is 222 g/mol. The molecule has 0 aromatic carbocycles. The van der Waals surface area contributed by atoms with Gasteiger partial charge in [-0.05, 0) is 6.92 Å². The van der Waals surface area contributed by atoms with Crippen molar-refractivity contribution in [2.75, 3.05) is 17.6 Å². The molecule has 2 heterocycles. The Balaban J connectivity index is 1.86. The predicted molar refractivity (Wildman–Crippen MR) is 58.8 cm³/mol. The molecule has 0 aliphatic rings. The zero-order chi connectivity index (χ0) is 11.5. The molecule has 2 aromatic rings. The summed E-state index contributed by atoms with van der Waals surface area (Å²) in [5.41, 5.74) is 6.36. The number of nitrogens with one attached hydrogen (secondary N) is 1. The number of nitrogens with two attached hydrogens (primary N) is 1. The van der Waals surface area contributed by atoms with Crippen molar-refractivity contribution < 1.29 is 4.52 Å². The molecule has 2 aromatic heterocycles. The van der Waals surface area contributed by atoms with Crippen LogP contribution in [0.2, 0.25) is 0 Å². The molecule has 0 aliphatic carbocycles. The minimum absolute atomic E-state index is 0.611. The smallest absolute Gasteiger partial charge is 0.228 e. The average molecular weight is 222 g/mol. The van der Waals surface area contributed by atoms with E-state index in [1.165, 1.54) is 0 Å². The van der Waals surface area contributed by atoms with Crippen LogP contribution in [0.1, 0.15) is 11.7 Å². The first kappa shape index (κ1) is 10.5. The zero-order valence-corrected chi connectivity index (χ0v) is 9.27. The van der Waals surface area contributed by atoms with E-state index in [1.807, 2.05) is 7.05 Å². The van der Waals surface area contributed by atoms with Crippen molar-refractivity contribution in [3.8, 4) is 0 Å². The molecule has 0 radical (unpaired) electrons. The van der Waals surface area contributed by atoms with Gasteiger partial charge in [-0.1, -0.05) is 5.16 Å². The maximum atomic E-state index is 5.73. The van der Waals surface area contributed by atoms with Crippen LogP contribution >= 0.6 is 0 Å². The topological polar surface area (TPSA) is 94.8 Å². The zero-order valence-electron chi connectivity index (χ0n) is 9.27. The van der Waals surface area contributed by atoms with Crippen molar-refractivity contribution in [1.82, 2.24) is 19.9 Å². The summed E-state index contributed by atoms with van der Waals surface area (Å²) in [5, 5.41) is 11.0. The fourth-order valence-corrected chi connectivity index (χ4v) is 1.37. The van der Waals surface area contributed by atoms with Gasteiger partial charge in [0, 0.05) is 26.2 Å². The molecule has 0 aliphatic heterocycles. The van der Waals surface area contributed by atoms with Gasteiger partial charge in [-0.2, -0.15) is 10.1 Å². The van der Waals surface area contributed by atoms with E-state index < -0.39 is 0 Å². The third kappa shape index (κ3) is 2.30. The summed E-state index contributed by atoms with van der Waals surface area (Å²) in [6.45, 7) is 2.44. The lowest BCUT2D eigenvalue weighted by molar-refractivity contribution is 0.377. The number of nitrogen functional groups attached to an aromatic ring is 1. The summed E-state index contributed by atoms with van der Waals surface area (Å²) in [4.78, 5) is 4.09. The Morgan fingerprint density at radius 2 is 2.38 bits per heavy atom. The molecule has 7 nitrogen and oxygen atoms in total. The Morgan fingerprint density at radius 1 is 1.56 bits per heavy atom. The molecular weight excluding hydrogens is 208 g/mol. The molecule has 0 saturated carbocycles. The Labute approximate surface area is 92.6 Å². The van der Waals surface area contributed by atoms with Crippen LogP contribution in [0.5, 0.6) is 0 Å². The Morgan fingerprint density at radius 3 is 2.94 bits per heavy atom. The van der Waals surface area contributed by atoms with E-state index in [0.29, 0.717) is 36.2 Å². The minimum atomic E-state index is 0.611. The Kier molecular flexibility index (Phi) is 2.76. The maximum absolute atomic E-state index is 5.73. The maximum Gasteiger partial charge on any atom is 0.228 e. The van der Waals surface area contributed by atoms with Gasteiger partial charge in [0.1, 0.15) is 0 Å². The van der Waals surface area contributed by atoms with Gasteiger partial charge in [0.25, 0.3) is 0 Å². The second-order valence-corrected chi connectivity index (χ2v) is 3.52. The van der Waals surface area contributed by atoms with Gasteiger partial charge in [-0.15, -0.1) is 0 Å². The van der Waals surface area contributed by atoms with Crippen LogP contribution in [-0.4, -0.2) is 26.5 Å². The molecule has 0 fully saturated rings. The largest absolute Gasteiger partial charge is 0.394 e. The second-order valence-electron chi connectivity index (χ2n) is 3.52. The van der Waals surface area contributed by atoms with E-state index in [4.69, 9.17) is 10.3 Å². The summed E-state index contributed by atoms with van der Waals surface area (Å²) >= 11 is 0. The molecule has 0 saturated heterocycles. The van der Waals surface area contributed by atoms with Crippen molar-refractivity contribution >= 4 is 11.5 Å². The molecule has 2 rings (SSSR count). The van der Waals surface area contributed by atoms with E-state index in [0.717, 1.165) is 0 Å². The average Bonchev–Trinajstić information content (AvgIpc) is 2.74. The van der Waals surface area contributed by atoms with Crippen molar-refractivity contribution in [3.63, 3.8) is 0 Å². The molecule has 0 amide bonds. The lowest BCUT2D eigenvalue weighted by atomic mass is 10.4. The van der Waals surface area contributed by atoms with Gasteiger partial charge < -0.3 is 15.6 Å². The van der Waals surface area contributed by atoms with Gasteiger partial charge >= 0.3 is 0 Å². The number of hydrogen-bond acceptors (Lipinski definition) is 6. The van der Waals surface area contributed by atoms with Gasteiger partial charge in [-0.25, -0.2) is 0 Å².